The molecule has 1 unspecified atom stereocenters. The van der Waals surface area contributed by atoms with E-state index in [0.29, 0.717) is 17.7 Å². The molecule has 3 aromatic rings. The Balaban J connectivity index is 1.86. The first kappa shape index (κ1) is 21.3. The number of halogens is 1. The van der Waals surface area contributed by atoms with E-state index < -0.39 is 28.3 Å². The standard InChI is InChI=1S/C20H19FN8O3S/c1-10-15(8-22)17-16-9-25-18(23)20(26-16)32-11(2)14-7-12(21)3-4-13(14)19-24-5-6-28(19)33(30,31)29(17)27-10/h3-4,7,9,11,19,24H,5-6H2,1-2H3,(H2,23,25)/t11-,19?/m1/s1. The zero-order chi connectivity index (χ0) is 23.5. The molecular weight excluding hydrogens is 451 g/mol. The highest BCUT2D eigenvalue weighted by atomic mass is 32.2. The maximum atomic E-state index is 14.2. The molecule has 1 fully saturated rings. The second-order valence-electron chi connectivity index (χ2n) is 7.72. The van der Waals surface area contributed by atoms with Crippen LogP contribution in [-0.2, 0) is 10.2 Å². The van der Waals surface area contributed by atoms with E-state index in [1.54, 1.807) is 6.92 Å². The van der Waals surface area contributed by atoms with Gasteiger partial charge in [0.25, 0.3) is 5.88 Å². The third-order valence-electron chi connectivity index (χ3n) is 5.69. The number of fused-ring (bicyclic) bond motifs is 7. The molecule has 2 atom stereocenters. The van der Waals surface area contributed by atoms with Crippen molar-refractivity contribution >= 4 is 16.0 Å². The van der Waals surface area contributed by atoms with Crippen LogP contribution in [-0.4, -0.2) is 45.0 Å². The second kappa shape index (κ2) is 7.48. The lowest BCUT2D eigenvalue weighted by atomic mass is 10.0. The summed E-state index contributed by atoms with van der Waals surface area (Å²) in [6.45, 7) is 3.71. The largest absolute Gasteiger partial charge is 0.467 e. The predicted octanol–water partition coefficient (Wildman–Crippen LogP) is 1.39. The van der Waals surface area contributed by atoms with Gasteiger partial charge in [-0.15, -0.1) is 4.09 Å². The van der Waals surface area contributed by atoms with Crippen molar-refractivity contribution in [1.29, 1.82) is 5.26 Å². The number of nitrogen functional groups attached to an aromatic ring is 1. The Morgan fingerprint density at radius 3 is 2.91 bits per heavy atom. The molecule has 0 saturated carbocycles. The minimum Gasteiger partial charge on any atom is -0.467 e. The van der Waals surface area contributed by atoms with Gasteiger partial charge in [0.2, 0.25) is 0 Å². The minimum absolute atomic E-state index is 0.0365. The highest BCUT2D eigenvalue weighted by molar-refractivity contribution is 7.87. The van der Waals surface area contributed by atoms with Crippen molar-refractivity contribution in [2.75, 3.05) is 18.8 Å². The summed E-state index contributed by atoms with van der Waals surface area (Å²) in [5.74, 6) is -0.607. The predicted molar refractivity (Wildman–Crippen MR) is 114 cm³/mol. The second-order valence-corrected chi connectivity index (χ2v) is 9.43. The van der Waals surface area contributed by atoms with E-state index in [1.165, 1.54) is 35.6 Å². The van der Waals surface area contributed by atoms with Crippen LogP contribution in [0.15, 0.2) is 24.4 Å². The molecule has 1 saturated heterocycles. The summed E-state index contributed by atoms with van der Waals surface area (Å²) < 4.78 is 49.8. The van der Waals surface area contributed by atoms with Crippen LogP contribution in [0.1, 0.15) is 41.6 Å². The average Bonchev–Trinajstić information content (AvgIpc) is 3.40. The van der Waals surface area contributed by atoms with Crippen LogP contribution >= 0.6 is 0 Å². The van der Waals surface area contributed by atoms with E-state index in [-0.39, 0.29) is 40.9 Å². The third-order valence-corrected chi connectivity index (χ3v) is 7.38. The molecule has 0 aliphatic carbocycles. The van der Waals surface area contributed by atoms with Gasteiger partial charge in [0.05, 0.1) is 11.9 Å². The summed E-state index contributed by atoms with van der Waals surface area (Å²) in [6, 6.07) is 6.07. The summed E-state index contributed by atoms with van der Waals surface area (Å²) in [4.78, 5) is 8.43. The van der Waals surface area contributed by atoms with Gasteiger partial charge in [-0.05, 0) is 31.5 Å². The summed E-state index contributed by atoms with van der Waals surface area (Å²) in [6.07, 6.45) is -0.285. The smallest absolute Gasteiger partial charge is 0.325 e. The number of benzene rings is 1. The number of anilines is 1. The van der Waals surface area contributed by atoms with Crippen molar-refractivity contribution in [2.45, 2.75) is 26.1 Å². The number of ether oxygens (including phenoxy) is 1. The molecule has 2 bridgehead atoms. The van der Waals surface area contributed by atoms with Crippen molar-refractivity contribution in [2.24, 2.45) is 0 Å². The summed E-state index contributed by atoms with van der Waals surface area (Å²) >= 11 is 0. The SMILES string of the molecule is Cc1nn2c(c1C#N)-c1cnc(N)c(n1)O[C@H](C)c1cc(F)ccc1C1NCCN1S2(=O)=O. The molecule has 33 heavy (non-hydrogen) atoms. The fraction of sp³-hybridized carbons (Fsp3) is 0.300. The van der Waals surface area contributed by atoms with Crippen molar-refractivity contribution in [1.82, 2.24) is 28.8 Å². The van der Waals surface area contributed by atoms with Gasteiger partial charge in [-0.25, -0.2) is 14.4 Å². The summed E-state index contributed by atoms with van der Waals surface area (Å²) in [7, 11) is -4.28. The number of hydrogen-bond acceptors (Lipinski definition) is 9. The first-order chi connectivity index (χ1) is 15.7. The summed E-state index contributed by atoms with van der Waals surface area (Å²) in [5, 5.41) is 17.0. The molecule has 13 heteroatoms. The lowest BCUT2D eigenvalue weighted by molar-refractivity contribution is 0.214. The molecule has 3 N–H and O–H groups in total. The van der Waals surface area contributed by atoms with Crippen LogP contribution in [0.25, 0.3) is 11.4 Å². The summed E-state index contributed by atoms with van der Waals surface area (Å²) in [5.41, 5.74) is 7.17. The monoisotopic (exact) mass is 470 g/mol. The normalized spacial score (nSPS) is 21.5. The molecule has 170 valence electrons. The minimum atomic E-state index is -4.28. The molecule has 0 radical (unpaired) electrons. The Morgan fingerprint density at radius 2 is 2.15 bits per heavy atom. The zero-order valence-electron chi connectivity index (χ0n) is 17.6. The number of aromatic nitrogens is 4. The van der Waals surface area contributed by atoms with Crippen LogP contribution in [0.4, 0.5) is 10.2 Å². The number of rotatable bonds is 0. The van der Waals surface area contributed by atoms with Crippen LogP contribution in [0.2, 0.25) is 0 Å². The van der Waals surface area contributed by atoms with Gasteiger partial charge in [0, 0.05) is 18.7 Å². The van der Waals surface area contributed by atoms with E-state index in [4.69, 9.17) is 10.5 Å². The Hall–Kier alpha value is -3.60. The first-order valence-corrected chi connectivity index (χ1v) is 11.5. The van der Waals surface area contributed by atoms with Crippen LogP contribution < -0.4 is 15.8 Å². The van der Waals surface area contributed by atoms with Crippen LogP contribution in [0.3, 0.4) is 0 Å². The molecule has 5 rings (SSSR count). The van der Waals surface area contributed by atoms with Gasteiger partial charge in [-0.3, -0.25) is 5.32 Å². The van der Waals surface area contributed by atoms with E-state index in [1.807, 2.05) is 6.07 Å². The van der Waals surface area contributed by atoms with Crippen LogP contribution in [0, 0.1) is 24.1 Å². The number of hydrogen-bond donors (Lipinski definition) is 2. The van der Waals surface area contributed by atoms with E-state index >= 15 is 0 Å². The van der Waals surface area contributed by atoms with Gasteiger partial charge in [0.15, 0.2) is 5.82 Å². The fourth-order valence-electron chi connectivity index (χ4n) is 4.15. The highest BCUT2D eigenvalue weighted by Gasteiger charge is 2.41. The Morgan fingerprint density at radius 1 is 1.36 bits per heavy atom. The number of nitrogens with one attached hydrogen (secondary N) is 1. The number of nitriles is 1. The molecule has 11 nitrogen and oxygen atoms in total. The molecular formula is C20H19FN8O3S. The van der Waals surface area contributed by atoms with Gasteiger partial charge in [-0.1, -0.05) is 6.07 Å². The number of nitrogens with zero attached hydrogens (tertiary/aromatic N) is 6. The van der Waals surface area contributed by atoms with E-state index in [2.05, 4.69) is 20.4 Å². The Bertz CT molecular complexity index is 1430. The number of nitrogens with two attached hydrogens (primary N) is 1. The van der Waals surface area contributed by atoms with Gasteiger partial charge >= 0.3 is 10.2 Å². The highest BCUT2D eigenvalue weighted by Crippen LogP contribution is 2.37. The average molecular weight is 470 g/mol. The Labute approximate surface area is 188 Å². The molecule has 2 aromatic heterocycles. The quantitative estimate of drug-likeness (QED) is 0.496. The third kappa shape index (κ3) is 3.22. The van der Waals surface area contributed by atoms with Gasteiger partial charge in [0.1, 0.15) is 41.1 Å². The fourth-order valence-corrected chi connectivity index (χ4v) is 5.76. The Kier molecular flexibility index (Phi) is 4.82. The van der Waals surface area contributed by atoms with Crippen molar-refractivity contribution in [3.05, 3.63) is 52.6 Å². The molecule has 0 amide bonds. The topological polar surface area (TPSA) is 152 Å². The van der Waals surface area contributed by atoms with Crippen LogP contribution in [0.5, 0.6) is 5.88 Å². The van der Waals surface area contributed by atoms with Crippen molar-refractivity contribution in [3.63, 3.8) is 0 Å². The maximum absolute atomic E-state index is 14.2. The van der Waals surface area contributed by atoms with Gasteiger partial charge in [-0.2, -0.15) is 23.1 Å². The first-order valence-electron chi connectivity index (χ1n) is 10.1. The molecule has 1 aromatic carbocycles. The molecule has 0 spiro atoms. The van der Waals surface area contributed by atoms with E-state index in [9.17, 15) is 18.1 Å². The van der Waals surface area contributed by atoms with E-state index in [0.717, 1.165) is 4.09 Å². The van der Waals surface area contributed by atoms with Gasteiger partial charge < -0.3 is 10.5 Å². The lowest BCUT2D eigenvalue weighted by Crippen LogP contribution is -2.39. The number of aryl methyl sites for hydroxylation is 1. The molecule has 4 heterocycles. The molecule has 2 aliphatic heterocycles. The lowest BCUT2D eigenvalue weighted by Gasteiger charge is -2.28. The maximum Gasteiger partial charge on any atom is 0.325 e. The van der Waals surface area contributed by atoms with Crippen molar-refractivity contribution < 1.29 is 17.5 Å². The van der Waals surface area contributed by atoms with Crippen molar-refractivity contribution in [3.8, 4) is 23.3 Å². The zero-order valence-corrected chi connectivity index (χ0v) is 18.5. The molecule has 2 aliphatic rings.